The molecule has 1 saturated heterocycles. The second-order valence-electron chi connectivity index (χ2n) is 3.99. The smallest absolute Gasteiger partial charge is 1.00 e. The van der Waals surface area contributed by atoms with Crippen LogP contribution in [-0.4, -0.2) is 18.7 Å². The van der Waals surface area contributed by atoms with Gasteiger partial charge < -0.3 is 17.0 Å². The van der Waals surface area contributed by atoms with E-state index < -0.39 is 0 Å². The quantitative estimate of drug-likeness (QED) is 0.473. The average Bonchev–Trinajstić information content (AvgIpc) is 2.57. The first kappa shape index (κ1) is 12.5. The van der Waals surface area contributed by atoms with Crippen molar-refractivity contribution in [3.8, 4) is 0 Å². The van der Waals surface area contributed by atoms with Gasteiger partial charge in [-0.2, -0.15) is 0 Å². The molecule has 3 heteroatoms. The van der Waals surface area contributed by atoms with Gasteiger partial charge >= 0.3 is 88.6 Å². The van der Waals surface area contributed by atoms with Gasteiger partial charge in [0.2, 0.25) is 0 Å². The third-order valence-corrected chi connectivity index (χ3v) is 11.4. The third-order valence-electron chi connectivity index (χ3n) is 3.11. The number of halogens is 2. The zero-order valence-electron chi connectivity index (χ0n) is 7.98. The Morgan fingerprint density at radius 1 is 0.923 bits per heavy atom. The van der Waals surface area contributed by atoms with Crippen molar-refractivity contribution in [1.82, 2.24) is 0 Å². The van der Waals surface area contributed by atoms with Crippen LogP contribution in [0.25, 0.3) is 0 Å². The van der Waals surface area contributed by atoms with E-state index in [1.807, 2.05) is 0 Å². The van der Waals surface area contributed by atoms with Crippen LogP contribution in [0.2, 0.25) is 15.5 Å². The van der Waals surface area contributed by atoms with Gasteiger partial charge in [-0.25, -0.2) is 0 Å². The normalized spacial score (nSPS) is 35.8. The van der Waals surface area contributed by atoms with Crippen LogP contribution in [0, 0.1) is 0 Å². The summed E-state index contributed by atoms with van der Waals surface area (Å²) >= 11 is 3.76. The number of hydrogen-bond donors (Lipinski definition) is 0. The van der Waals surface area contributed by atoms with E-state index in [2.05, 4.69) is 15.9 Å². The zero-order chi connectivity index (χ0) is 8.39. The van der Waals surface area contributed by atoms with Gasteiger partial charge in [-0.15, -0.1) is 0 Å². The molecule has 0 radical (unpaired) electrons. The van der Waals surface area contributed by atoms with Gasteiger partial charge in [-0.1, -0.05) is 0 Å². The first-order valence-electron chi connectivity index (χ1n) is 5.18. The Morgan fingerprint density at radius 3 is 2.15 bits per heavy atom. The van der Waals surface area contributed by atoms with E-state index in [0.717, 1.165) is 9.64 Å². The van der Waals surface area contributed by atoms with E-state index in [9.17, 15) is 0 Å². The Balaban J connectivity index is 0.000000845. The van der Waals surface area contributed by atoms with Gasteiger partial charge in [-0.05, 0) is 0 Å². The Kier molecular flexibility index (Phi) is 5.93. The van der Waals surface area contributed by atoms with Crippen molar-refractivity contribution in [2.24, 2.45) is 0 Å². The number of rotatable bonds is 1. The van der Waals surface area contributed by atoms with Crippen LogP contribution in [0.5, 0.6) is 0 Å². The molecule has 78 valence electrons. The topological polar surface area (TPSA) is 0 Å². The molecule has 0 spiro atoms. The van der Waals surface area contributed by atoms with Gasteiger partial charge in [0.05, 0.1) is 0 Å². The minimum atomic E-state index is -0.133. The van der Waals surface area contributed by atoms with Crippen molar-refractivity contribution in [3.05, 3.63) is 0 Å². The average molecular weight is 377 g/mol. The van der Waals surface area contributed by atoms with Crippen molar-refractivity contribution in [3.63, 3.8) is 0 Å². The maximum Gasteiger partial charge on any atom is -1.00 e. The van der Waals surface area contributed by atoms with E-state index in [0.29, 0.717) is 0 Å². The van der Waals surface area contributed by atoms with E-state index in [1.165, 1.54) is 19.3 Å². The summed E-state index contributed by atoms with van der Waals surface area (Å²) in [5, 5.41) is 3.29. The molecule has 0 bridgehead atoms. The largest absolute Gasteiger partial charge is 1.00 e. The van der Waals surface area contributed by atoms with Crippen LogP contribution >= 0.6 is 15.9 Å². The molecular weight excluding hydrogens is 359 g/mol. The van der Waals surface area contributed by atoms with Gasteiger partial charge in [0.15, 0.2) is 0 Å². The first-order valence-corrected chi connectivity index (χ1v) is 9.51. The summed E-state index contributed by atoms with van der Waals surface area (Å²) in [7, 11) is 0. The standard InChI is InChI=1S/C10H18BrSe.BrH/c11-9-5-1-2-6-10(9)12-7-3-4-8-12;/h9-10H,1-8H2;1H/q+1;/p-1. The fourth-order valence-corrected chi connectivity index (χ4v) is 10.9. The van der Waals surface area contributed by atoms with Crippen molar-refractivity contribution < 1.29 is 17.0 Å². The summed E-state index contributed by atoms with van der Waals surface area (Å²) < 4.78 is 0. The first-order chi connectivity index (χ1) is 5.88. The summed E-state index contributed by atoms with van der Waals surface area (Å²) in [5.41, 5.74) is 0. The number of alkyl halides is 1. The fourth-order valence-electron chi connectivity index (χ4n) is 2.41. The maximum absolute atomic E-state index is 3.90. The Labute approximate surface area is 105 Å². The van der Waals surface area contributed by atoms with Gasteiger partial charge in [0.25, 0.3) is 0 Å². The van der Waals surface area contributed by atoms with Crippen LogP contribution in [-0.2, 0) is 0 Å². The minimum absolute atomic E-state index is 0. The van der Waals surface area contributed by atoms with Gasteiger partial charge in [-0.3, -0.25) is 0 Å². The maximum atomic E-state index is 3.90. The third kappa shape index (κ3) is 3.22. The summed E-state index contributed by atoms with van der Waals surface area (Å²) in [6.07, 6.45) is 9.13. The van der Waals surface area contributed by atoms with Gasteiger partial charge in [0.1, 0.15) is 0 Å². The molecule has 2 atom stereocenters. The van der Waals surface area contributed by atoms with Crippen molar-refractivity contribution >= 4 is 29.8 Å². The molecule has 0 aromatic rings. The van der Waals surface area contributed by atoms with E-state index >= 15 is 0 Å². The minimum Gasteiger partial charge on any atom is -1.00 e. The molecule has 1 saturated carbocycles. The van der Waals surface area contributed by atoms with Crippen LogP contribution in [0.1, 0.15) is 38.5 Å². The van der Waals surface area contributed by atoms with Gasteiger partial charge in [0, 0.05) is 0 Å². The molecule has 2 rings (SSSR count). The molecule has 1 heterocycles. The van der Waals surface area contributed by atoms with E-state index in [-0.39, 0.29) is 30.9 Å². The molecule has 1 aliphatic carbocycles. The molecule has 0 aromatic heterocycles. The van der Waals surface area contributed by atoms with Crippen LogP contribution in [0.15, 0.2) is 0 Å². The second kappa shape index (κ2) is 6.15. The predicted molar refractivity (Wildman–Crippen MR) is 59.5 cm³/mol. The second-order valence-corrected chi connectivity index (χ2v) is 10.4. The summed E-state index contributed by atoms with van der Waals surface area (Å²) in [6, 6.07) is 0. The molecule has 2 fully saturated rings. The molecule has 1 aliphatic heterocycles. The van der Waals surface area contributed by atoms with Crippen LogP contribution in [0.3, 0.4) is 0 Å². The molecule has 0 aromatic carbocycles. The molecule has 13 heavy (non-hydrogen) atoms. The molecule has 0 nitrogen and oxygen atoms in total. The van der Waals surface area contributed by atoms with E-state index in [1.54, 1.807) is 29.9 Å². The molecule has 2 aliphatic rings. The zero-order valence-corrected chi connectivity index (χ0v) is 12.9. The Morgan fingerprint density at radius 2 is 1.54 bits per heavy atom. The summed E-state index contributed by atoms with van der Waals surface area (Å²) in [4.78, 5) is 2.07. The molecule has 0 N–H and O–H groups in total. The Bertz CT molecular complexity index is 146. The molecule has 0 amide bonds. The number of hydrogen-bond acceptors (Lipinski definition) is 0. The SMILES string of the molecule is BrC1CCCCC1[Se+]1CCCC1.[Br-]. The summed E-state index contributed by atoms with van der Waals surface area (Å²) in [5.74, 6) is 0. The monoisotopic (exact) mass is 376 g/mol. The fraction of sp³-hybridized carbons (Fsp3) is 1.00. The van der Waals surface area contributed by atoms with Crippen molar-refractivity contribution in [2.45, 2.75) is 58.8 Å². The predicted octanol–water partition coefficient (Wildman–Crippen LogP) is 0.987. The molecular formula is C10H18Br2Se. The molecule has 2 unspecified atom stereocenters. The van der Waals surface area contributed by atoms with Crippen molar-refractivity contribution in [1.29, 1.82) is 0 Å². The van der Waals surface area contributed by atoms with Crippen LogP contribution in [0.4, 0.5) is 0 Å². The van der Waals surface area contributed by atoms with E-state index in [4.69, 9.17) is 0 Å². The summed E-state index contributed by atoms with van der Waals surface area (Å²) in [6.45, 7) is 0. The van der Waals surface area contributed by atoms with Crippen molar-refractivity contribution in [2.75, 3.05) is 0 Å². The Hall–Kier alpha value is 1.48. The van der Waals surface area contributed by atoms with Crippen LogP contribution < -0.4 is 17.0 Å².